The van der Waals surface area contributed by atoms with Crippen LogP contribution in [0.2, 0.25) is 0 Å². The zero-order valence-corrected chi connectivity index (χ0v) is 10.1. The highest BCUT2D eigenvalue weighted by Gasteiger charge is 2.18. The maximum Gasteiger partial charge on any atom is 0.122 e. The first-order valence-corrected chi connectivity index (χ1v) is 5.93. The minimum Gasteiger partial charge on any atom is -0.384 e. The van der Waals surface area contributed by atoms with E-state index < -0.39 is 0 Å². The van der Waals surface area contributed by atoms with Crippen LogP contribution in [-0.4, -0.2) is 32.1 Å². The molecule has 4 nitrogen and oxygen atoms in total. The monoisotopic (exact) mass is 233 g/mol. The minimum absolute atomic E-state index is 0.118. The fourth-order valence-electron chi connectivity index (χ4n) is 2.18. The van der Waals surface area contributed by atoms with Crippen LogP contribution in [0, 0.1) is 5.41 Å². The van der Waals surface area contributed by atoms with Gasteiger partial charge in [0.2, 0.25) is 0 Å². The summed E-state index contributed by atoms with van der Waals surface area (Å²) in [5, 5.41) is 7.46. The van der Waals surface area contributed by atoms with Gasteiger partial charge < -0.3 is 15.4 Å². The van der Waals surface area contributed by atoms with Crippen molar-refractivity contribution in [2.45, 2.75) is 18.9 Å². The van der Waals surface area contributed by atoms with E-state index in [9.17, 15) is 0 Å². The summed E-state index contributed by atoms with van der Waals surface area (Å²) in [6.45, 7) is 1.67. The maximum atomic E-state index is 7.46. The van der Waals surface area contributed by atoms with Crippen molar-refractivity contribution in [3.8, 4) is 0 Å². The number of rotatable bonds is 3. The molecule has 4 heteroatoms. The van der Waals surface area contributed by atoms with Gasteiger partial charge in [0.05, 0.1) is 0 Å². The zero-order valence-electron chi connectivity index (χ0n) is 10.1. The number of nitrogen functional groups attached to an aromatic ring is 1. The molecule has 1 saturated heterocycles. The highest BCUT2D eigenvalue weighted by atomic mass is 16.5. The molecule has 2 rings (SSSR count). The quantitative estimate of drug-likeness (QED) is 0.615. The first kappa shape index (κ1) is 11.9. The Morgan fingerprint density at radius 2 is 2.12 bits per heavy atom. The van der Waals surface area contributed by atoms with Gasteiger partial charge in [-0.2, -0.15) is 0 Å². The normalized spacial score (nSPS) is 16.8. The van der Waals surface area contributed by atoms with Crippen molar-refractivity contribution in [2.75, 3.05) is 25.2 Å². The Kier molecular flexibility index (Phi) is 3.64. The van der Waals surface area contributed by atoms with Crippen LogP contribution >= 0.6 is 0 Å². The van der Waals surface area contributed by atoms with Crippen LogP contribution in [0.5, 0.6) is 0 Å². The van der Waals surface area contributed by atoms with E-state index in [0.29, 0.717) is 6.04 Å². The van der Waals surface area contributed by atoms with Gasteiger partial charge in [0.1, 0.15) is 5.84 Å². The highest BCUT2D eigenvalue weighted by molar-refractivity contribution is 5.95. The second kappa shape index (κ2) is 5.19. The average molecular weight is 233 g/mol. The lowest BCUT2D eigenvalue weighted by molar-refractivity contribution is 0.0855. The molecule has 1 aliphatic rings. The van der Waals surface area contributed by atoms with Crippen LogP contribution in [0.1, 0.15) is 18.4 Å². The number of anilines is 1. The number of nitrogens with two attached hydrogens (primary N) is 1. The van der Waals surface area contributed by atoms with Gasteiger partial charge in [0.25, 0.3) is 0 Å². The molecule has 0 unspecified atom stereocenters. The van der Waals surface area contributed by atoms with Crippen LogP contribution in [0.3, 0.4) is 0 Å². The van der Waals surface area contributed by atoms with Gasteiger partial charge in [0.15, 0.2) is 0 Å². The second-order valence-electron chi connectivity index (χ2n) is 4.42. The van der Waals surface area contributed by atoms with E-state index in [0.717, 1.165) is 37.3 Å². The summed E-state index contributed by atoms with van der Waals surface area (Å²) in [6, 6.07) is 8.36. The van der Waals surface area contributed by atoms with Gasteiger partial charge >= 0.3 is 0 Å². The molecule has 1 fully saturated rings. The van der Waals surface area contributed by atoms with E-state index in [1.165, 1.54) is 0 Å². The van der Waals surface area contributed by atoms with Gasteiger partial charge in [-0.3, -0.25) is 5.41 Å². The molecular weight excluding hydrogens is 214 g/mol. The molecule has 0 aromatic heterocycles. The molecule has 0 bridgehead atoms. The van der Waals surface area contributed by atoms with Crippen molar-refractivity contribution in [1.29, 1.82) is 5.41 Å². The average Bonchev–Trinajstić information content (AvgIpc) is 2.39. The number of hydrogen-bond acceptors (Lipinski definition) is 3. The van der Waals surface area contributed by atoms with E-state index >= 15 is 0 Å². The molecule has 1 aromatic rings. The van der Waals surface area contributed by atoms with Crippen LogP contribution in [0.25, 0.3) is 0 Å². The molecule has 92 valence electrons. The van der Waals surface area contributed by atoms with Crippen LogP contribution in [0.15, 0.2) is 24.3 Å². The number of ether oxygens (including phenoxy) is 1. The molecule has 0 saturated carbocycles. The van der Waals surface area contributed by atoms with Crippen LogP contribution in [-0.2, 0) is 4.74 Å². The Hall–Kier alpha value is -1.55. The van der Waals surface area contributed by atoms with Gasteiger partial charge in [-0.1, -0.05) is 12.1 Å². The summed E-state index contributed by atoms with van der Waals surface area (Å²) < 4.78 is 5.37. The number of benzene rings is 1. The molecule has 3 N–H and O–H groups in total. The zero-order chi connectivity index (χ0) is 12.3. The first-order valence-electron chi connectivity index (χ1n) is 5.93. The molecule has 17 heavy (non-hydrogen) atoms. The fraction of sp³-hybridized carbons (Fsp3) is 0.462. The summed E-state index contributed by atoms with van der Waals surface area (Å²) in [4.78, 5) is 2.26. The van der Waals surface area contributed by atoms with Crippen LogP contribution in [0.4, 0.5) is 5.69 Å². The lowest BCUT2D eigenvalue weighted by Crippen LogP contribution is -2.36. The molecule has 0 atom stereocenters. The number of nitrogens with one attached hydrogen (secondary N) is 1. The molecule has 1 aliphatic heterocycles. The maximum absolute atomic E-state index is 7.46. The lowest BCUT2D eigenvalue weighted by atomic mass is 10.1. The molecule has 0 amide bonds. The lowest BCUT2D eigenvalue weighted by Gasteiger charge is -2.33. The largest absolute Gasteiger partial charge is 0.384 e. The number of nitrogens with zero attached hydrogens (tertiary/aromatic N) is 1. The Morgan fingerprint density at radius 3 is 2.76 bits per heavy atom. The summed E-state index contributed by atoms with van der Waals surface area (Å²) >= 11 is 0. The third kappa shape index (κ3) is 2.77. The number of hydrogen-bond donors (Lipinski definition) is 2. The van der Waals surface area contributed by atoms with Gasteiger partial charge in [-0.05, 0) is 25.0 Å². The Bertz CT molecular complexity index is 399. The minimum atomic E-state index is 0.118. The summed E-state index contributed by atoms with van der Waals surface area (Å²) in [5.74, 6) is 0.118. The van der Waals surface area contributed by atoms with Gasteiger partial charge in [-0.15, -0.1) is 0 Å². The SMILES string of the molecule is CN(c1cccc(C(=N)N)c1)C1CCOCC1. The Morgan fingerprint density at radius 1 is 1.41 bits per heavy atom. The predicted octanol–water partition coefficient (Wildman–Crippen LogP) is 1.59. The van der Waals surface area contributed by atoms with E-state index in [2.05, 4.69) is 18.0 Å². The third-order valence-corrected chi connectivity index (χ3v) is 3.30. The van der Waals surface area contributed by atoms with E-state index in [-0.39, 0.29) is 5.84 Å². The second-order valence-corrected chi connectivity index (χ2v) is 4.42. The van der Waals surface area contributed by atoms with E-state index in [4.69, 9.17) is 15.9 Å². The molecule has 0 radical (unpaired) electrons. The topological polar surface area (TPSA) is 62.3 Å². The first-order chi connectivity index (χ1) is 8.18. The van der Waals surface area contributed by atoms with Crippen molar-refractivity contribution in [3.05, 3.63) is 29.8 Å². The summed E-state index contributed by atoms with van der Waals surface area (Å²) in [6.07, 6.45) is 2.11. The Balaban J connectivity index is 2.14. The van der Waals surface area contributed by atoms with E-state index in [1.807, 2.05) is 18.2 Å². The highest BCUT2D eigenvalue weighted by Crippen LogP contribution is 2.21. The number of amidine groups is 1. The smallest absolute Gasteiger partial charge is 0.122 e. The molecule has 0 spiro atoms. The van der Waals surface area contributed by atoms with Gasteiger partial charge in [-0.25, -0.2) is 0 Å². The molecule has 1 heterocycles. The van der Waals surface area contributed by atoms with Gasteiger partial charge in [0, 0.05) is 37.6 Å². The fourth-order valence-corrected chi connectivity index (χ4v) is 2.18. The third-order valence-electron chi connectivity index (χ3n) is 3.30. The van der Waals surface area contributed by atoms with Crippen LogP contribution < -0.4 is 10.6 Å². The Labute approximate surface area is 102 Å². The standard InChI is InChI=1S/C13H19N3O/c1-16(11-5-7-17-8-6-11)12-4-2-3-10(9-12)13(14)15/h2-4,9,11H,5-8H2,1H3,(H3,14,15). The predicted molar refractivity (Wildman–Crippen MR) is 69.7 cm³/mol. The molecule has 0 aliphatic carbocycles. The van der Waals surface area contributed by atoms with Crippen molar-refractivity contribution < 1.29 is 4.74 Å². The summed E-state index contributed by atoms with van der Waals surface area (Å²) in [7, 11) is 2.09. The summed E-state index contributed by atoms with van der Waals surface area (Å²) in [5.41, 5.74) is 7.40. The van der Waals surface area contributed by atoms with E-state index in [1.54, 1.807) is 0 Å². The molecule has 1 aromatic carbocycles. The van der Waals surface area contributed by atoms with Crippen molar-refractivity contribution >= 4 is 11.5 Å². The van der Waals surface area contributed by atoms with Crippen molar-refractivity contribution in [2.24, 2.45) is 5.73 Å². The van der Waals surface area contributed by atoms with Crippen molar-refractivity contribution in [1.82, 2.24) is 0 Å². The molecular formula is C13H19N3O. The van der Waals surface area contributed by atoms with Crippen molar-refractivity contribution in [3.63, 3.8) is 0 Å².